The minimum absolute atomic E-state index is 0.0845. The Kier molecular flexibility index (Phi) is 3.98. The Labute approximate surface area is 116 Å². The van der Waals surface area contributed by atoms with Crippen LogP contribution in [0.1, 0.15) is 11.3 Å². The highest BCUT2D eigenvalue weighted by Crippen LogP contribution is 2.11. The highest BCUT2D eigenvalue weighted by Gasteiger charge is 2.06. The minimum atomic E-state index is -3.66. The van der Waals surface area contributed by atoms with Crippen LogP contribution in [0.4, 0.5) is 5.69 Å². The van der Waals surface area contributed by atoms with Gasteiger partial charge < -0.3 is 5.32 Å². The quantitative estimate of drug-likeness (QED) is 0.879. The van der Waals surface area contributed by atoms with Gasteiger partial charge in [-0.25, -0.2) is 18.5 Å². The van der Waals surface area contributed by atoms with Crippen molar-refractivity contribution in [3.63, 3.8) is 0 Å². The number of hydrogen-bond acceptors (Lipinski definition) is 5. The van der Waals surface area contributed by atoms with Crippen LogP contribution in [0.25, 0.3) is 0 Å². The maximum atomic E-state index is 11.1. The number of anilines is 1. The van der Waals surface area contributed by atoms with Crippen molar-refractivity contribution in [2.75, 3.05) is 5.32 Å². The lowest BCUT2D eigenvalue weighted by Crippen LogP contribution is -2.12. The first-order valence-corrected chi connectivity index (χ1v) is 7.25. The van der Waals surface area contributed by atoms with Crippen LogP contribution in [0.15, 0.2) is 47.5 Å². The molecule has 2 rings (SSSR count). The molecule has 7 heteroatoms. The summed E-state index contributed by atoms with van der Waals surface area (Å²) in [4.78, 5) is 4.02. The third-order valence-corrected chi connectivity index (χ3v) is 3.56. The molecule has 0 unspecified atom stereocenters. The Bertz CT molecular complexity index is 731. The Morgan fingerprint density at radius 3 is 2.40 bits per heavy atom. The molecule has 102 valence electrons. The van der Waals surface area contributed by atoms with E-state index < -0.39 is 10.0 Å². The van der Waals surface area contributed by atoms with E-state index in [1.165, 1.54) is 12.1 Å². The lowest BCUT2D eigenvalue weighted by Gasteiger charge is -2.06. The second kappa shape index (κ2) is 5.69. The lowest BCUT2D eigenvalue weighted by atomic mass is 10.2. The van der Waals surface area contributed by atoms with Gasteiger partial charge in [0, 0.05) is 6.54 Å². The summed E-state index contributed by atoms with van der Waals surface area (Å²) in [5, 5.41) is 16.8. The van der Waals surface area contributed by atoms with Crippen molar-refractivity contribution >= 4 is 15.7 Å². The van der Waals surface area contributed by atoms with Gasteiger partial charge >= 0.3 is 0 Å². The molecule has 0 saturated heterocycles. The molecule has 6 nitrogen and oxygen atoms in total. The minimum Gasteiger partial charge on any atom is -0.380 e. The summed E-state index contributed by atoms with van der Waals surface area (Å²) >= 11 is 0. The predicted molar refractivity (Wildman–Crippen MR) is 74.1 cm³/mol. The molecule has 0 fully saturated rings. The van der Waals surface area contributed by atoms with E-state index in [2.05, 4.69) is 10.3 Å². The van der Waals surface area contributed by atoms with E-state index in [1.807, 2.05) is 6.07 Å². The zero-order valence-electron chi connectivity index (χ0n) is 10.4. The van der Waals surface area contributed by atoms with Crippen LogP contribution in [0.3, 0.4) is 0 Å². The number of pyridine rings is 1. The van der Waals surface area contributed by atoms with Gasteiger partial charge in [0.2, 0.25) is 10.0 Å². The van der Waals surface area contributed by atoms with E-state index in [4.69, 9.17) is 10.4 Å². The molecule has 1 heterocycles. The van der Waals surface area contributed by atoms with Gasteiger partial charge in [-0.2, -0.15) is 5.26 Å². The number of nitriles is 1. The van der Waals surface area contributed by atoms with E-state index >= 15 is 0 Å². The lowest BCUT2D eigenvalue weighted by molar-refractivity contribution is 0.598. The normalized spacial score (nSPS) is 10.8. The molecule has 0 radical (unpaired) electrons. The van der Waals surface area contributed by atoms with E-state index in [0.717, 1.165) is 11.3 Å². The van der Waals surface area contributed by atoms with Crippen LogP contribution in [0.2, 0.25) is 0 Å². The summed E-state index contributed by atoms with van der Waals surface area (Å²) in [5.74, 6) is 0. The largest absolute Gasteiger partial charge is 0.380 e. The first-order chi connectivity index (χ1) is 9.49. The Hall–Kier alpha value is -2.43. The summed E-state index contributed by atoms with van der Waals surface area (Å²) in [7, 11) is -3.66. The van der Waals surface area contributed by atoms with E-state index in [1.54, 1.807) is 30.5 Å². The van der Waals surface area contributed by atoms with Crippen molar-refractivity contribution in [3.05, 3.63) is 53.9 Å². The fourth-order valence-electron chi connectivity index (χ4n) is 1.57. The Balaban J connectivity index is 2.02. The summed E-state index contributed by atoms with van der Waals surface area (Å²) < 4.78 is 22.2. The molecule has 0 aliphatic heterocycles. The van der Waals surface area contributed by atoms with Crippen LogP contribution in [0, 0.1) is 11.3 Å². The van der Waals surface area contributed by atoms with Crippen LogP contribution in [0.5, 0.6) is 0 Å². The molecule has 1 aromatic heterocycles. The second-order valence-corrected chi connectivity index (χ2v) is 5.65. The summed E-state index contributed by atoms with van der Waals surface area (Å²) in [6.45, 7) is 0.512. The van der Waals surface area contributed by atoms with Gasteiger partial charge in [0.1, 0.15) is 11.8 Å². The molecule has 0 aliphatic carbocycles. The summed E-state index contributed by atoms with van der Waals surface area (Å²) in [6.07, 6.45) is 1.57. The number of hydrogen-bond donors (Lipinski definition) is 2. The van der Waals surface area contributed by atoms with E-state index in [0.29, 0.717) is 12.2 Å². The van der Waals surface area contributed by atoms with Crippen LogP contribution >= 0.6 is 0 Å². The Morgan fingerprint density at radius 2 is 1.90 bits per heavy atom. The molecular formula is C13H12N4O2S. The predicted octanol–water partition coefficient (Wildman–Crippen LogP) is 1.21. The first kappa shape index (κ1) is 14.0. The number of benzene rings is 1. The van der Waals surface area contributed by atoms with Gasteiger partial charge in [-0.1, -0.05) is 12.1 Å². The number of nitrogens with two attached hydrogens (primary N) is 1. The van der Waals surface area contributed by atoms with Gasteiger partial charge in [0.25, 0.3) is 0 Å². The molecular weight excluding hydrogens is 276 g/mol. The fourth-order valence-corrected chi connectivity index (χ4v) is 2.08. The van der Waals surface area contributed by atoms with Crippen LogP contribution < -0.4 is 10.5 Å². The van der Waals surface area contributed by atoms with Crippen molar-refractivity contribution in [3.8, 4) is 6.07 Å². The first-order valence-electron chi connectivity index (χ1n) is 5.71. The third kappa shape index (κ3) is 3.54. The van der Waals surface area contributed by atoms with E-state index in [-0.39, 0.29) is 4.90 Å². The van der Waals surface area contributed by atoms with Crippen molar-refractivity contribution in [2.45, 2.75) is 11.4 Å². The molecule has 20 heavy (non-hydrogen) atoms. The van der Waals surface area contributed by atoms with Gasteiger partial charge in [0.15, 0.2) is 0 Å². The average molecular weight is 288 g/mol. The Morgan fingerprint density at radius 1 is 1.20 bits per heavy atom. The molecule has 0 amide bonds. The number of rotatable bonds is 4. The maximum absolute atomic E-state index is 11.1. The number of nitrogens with one attached hydrogen (secondary N) is 1. The van der Waals surface area contributed by atoms with Crippen molar-refractivity contribution in [2.24, 2.45) is 5.14 Å². The molecule has 2 aromatic rings. The number of sulfonamides is 1. The highest BCUT2D eigenvalue weighted by atomic mass is 32.2. The summed E-state index contributed by atoms with van der Waals surface area (Å²) in [6, 6.07) is 11.6. The van der Waals surface area contributed by atoms with Crippen molar-refractivity contribution < 1.29 is 8.42 Å². The second-order valence-electron chi connectivity index (χ2n) is 4.09. The van der Waals surface area contributed by atoms with Gasteiger partial charge in [-0.05, 0) is 29.8 Å². The van der Waals surface area contributed by atoms with Gasteiger partial charge in [-0.3, -0.25) is 0 Å². The summed E-state index contributed by atoms with van der Waals surface area (Å²) in [5.41, 5.74) is 2.04. The van der Waals surface area contributed by atoms with Gasteiger partial charge in [0.05, 0.1) is 16.8 Å². The number of aromatic nitrogens is 1. The smallest absolute Gasteiger partial charge is 0.238 e. The molecule has 0 atom stereocenters. The monoisotopic (exact) mass is 288 g/mol. The van der Waals surface area contributed by atoms with Crippen molar-refractivity contribution in [1.29, 1.82) is 5.26 Å². The standard InChI is InChI=1S/C13H12N4O2S/c14-7-11-3-4-12(9-17-11)16-8-10-1-5-13(6-2-10)20(15,18)19/h1-6,9,16H,8H2,(H2,15,18,19). The molecule has 1 aromatic carbocycles. The van der Waals surface area contributed by atoms with Gasteiger partial charge in [-0.15, -0.1) is 0 Å². The highest BCUT2D eigenvalue weighted by molar-refractivity contribution is 7.89. The SMILES string of the molecule is N#Cc1ccc(NCc2ccc(S(N)(=O)=O)cc2)cn1. The maximum Gasteiger partial charge on any atom is 0.238 e. The number of nitrogens with zero attached hydrogens (tertiary/aromatic N) is 2. The molecule has 0 aliphatic rings. The average Bonchev–Trinajstić information content (AvgIpc) is 2.45. The molecule has 0 bridgehead atoms. The molecule has 0 saturated carbocycles. The zero-order valence-corrected chi connectivity index (χ0v) is 11.3. The zero-order chi connectivity index (χ0) is 14.6. The van der Waals surface area contributed by atoms with Crippen LogP contribution in [-0.2, 0) is 16.6 Å². The van der Waals surface area contributed by atoms with Crippen molar-refractivity contribution in [1.82, 2.24) is 4.98 Å². The number of primary sulfonamides is 1. The fraction of sp³-hybridized carbons (Fsp3) is 0.0769. The molecule has 0 spiro atoms. The molecule has 3 N–H and O–H groups in total. The third-order valence-electron chi connectivity index (χ3n) is 2.63. The van der Waals surface area contributed by atoms with Crippen LogP contribution in [-0.4, -0.2) is 13.4 Å². The van der Waals surface area contributed by atoms with E-state index in [9.17, 15) is 8.42 Å². The topological polar surface area (TPSA) is 109 Å².